The molecule has 54 valence electrons. The van der Waals surface area contributed by atoms with Gasteiger partial charge in [0.15, 0.2) is 0 Å². The van der Waals surface area contributed by atoms with Gasteiger partial charge in [-0.25, -0.2) is 0 Å². The lowest BCUT2D eigenvalue weighted by Crippen LogP contribution is -2.11. The quantitative estimate of drug-likeness (QED) is 0.369. The third-order valence-electron chi connectivity index (χ3n) is 1.31. The van der Waals surface area contributed by atoms with Crippen LogP contribution >= 0.6 is 10.7 Å². The highest BCUT2D eigenvalue weighted by molar-refractivity contribution is 8.12. The number of hydrogen-bond donors (Lipinski definition) is 0. The van der Waals surface area contributed by atoms with Crippen LogP contribution in [0, 0.1) is 7.05 Å². The van der Waals surface area contributed by atoms with E-state index in [1.54, 1.807) is 0 Å². The largest absolute Gasteiger partial charge is 0.408 e. The van der Waals surface area contributed by atoms with Gasteiger partial charge >= 0.3 is 0 Å². The van der Waals surface area contributed by atoms with Crippen molar-refractivity contribution in [3.63, 3.8) is 0 Å². The minimum atomic E-state index is 0.0949. The minimum Gasteiger partial charge on any atom is -0.408 e. The van der Waals surface area contributed by atoms with Crippen molar-refractivity contribution in [2.75, 3.05) is 25.5 Å². The van der Waals surface area contributed by atoms with Gasteiger partial charge in [0.2, 0.25) is 0 Å². The maximum absolute atomic E-state index is 5.22. The van der Waals surface area contributed by atoms with Gasteiger partial charge < -0.3 is 9.04 Å². The second kappa shape index (κ2) is 3.34. The third kappa shape index (κ3) is 2.08. The SMILES string of the molecule is C=S1CCOCCN1[CH2-]. The molecular weight excluding hydrogens is 134 g/mol. The summed E-state index contributed by atoms with van der Waals surface area (Å²) < 4.78 is 7.23. The minimum absolute atomic E-state index is 0.0949. The van der Waals surface area contributed by atoms with Crippen LogP contribution in [-0.2, 0) is 4.74 Å². The van der Waals surface area contributed by atoms with Crippen LogP contribution in [0.3, 0.4) is 0 Å². The molecular formula is C6H12NOS-. The van der Waals surface area contributed by atoms with Crippen molar-refractivity contribution in [3.05, 3.63) is 7.05 Å². The molecule has 0 saturated carbocycles. The maximum Gasteiger partial charge on any atom is 0.0576 e. The smallest absolute Gasteiger partial charge is 0.0576 e. The molecule has 0 aromatic heterocycles. The molecule has 0 radical (unpaired) electrons. The van der Waals surface area contributed by atoms with E-state index in [0.717, 1.165) is 25.5 Å². The van der Waals surface area contributed by atoms with E-state index in [2.05, 4.69) is 12.9 Å². The molecule has 1 unspecified atom stereocenters. The molecule has 0 N–H and O–H groups in total. The normalized spacial score (nSPS) is 31.9. The topological polar surface area (TPSA) is 12.5 Å². The Balaban J connectivity index is 2.41. The fourth-order valence-electron chi connectivity index (χ4n) is 0.682. The van der Waals surface area contributed by atoms with Gasteiger partial charge in [0, 0.05) is 12.3 Å². The Morgan fingerprint density at radius 3 is 3.11 bits per heavy atom. The van der Waals surface area contributed by atoms with Crippen molar-refractivity contribution in [2.45, 2.75) is 0 Å². The van der Waals surface area contributed by atoms with Crippen molar-refractivity contribution in [2.24, 2.45) is 0 Å². The molecule has 0 aromatic carbocycles. The Hall–Kier alpha value is 0.140. The summed E-state index contributed by atoms with van der Waals surface area (Å²) in [4.78, 5) is 0. The lowest BCUT2D eigenvalue weighted by atomic mass is 10.7. The second-order valence-electron chi connectivity index (χ2n) is 1.98. The lowest BCUT2D eigenvalue weighted by molar-refractivity contribution is 0.151. The summed E-state index contributed by atoms with van der Waals surface area (Å²) in [5.74, 6) is 4.98. The van der Waals surface area contributed by atoms with E-state index in [4.69, 9.17) is 4.74 Å². The third-order valence-corrected chi connectivity index (χ3v) is 2.86. The maximum atomic E-state index is 5.22. The zero-order chi connectivity index (χ0) is 6.69. The second-order valence-corrected chi connectivity index (χ2v) is 3.83. The average molecular weight is 146 g/mol. The number of nitrogens with zero attached hydrogens (tertiary/aromatic N) is 1. The van der Waals surface area contributed by atoms with Crippen LogP contribution in [0.1, 0.15) is 0 Å². The predicted molar refractivity (Wildman–Crippen MR) is 42.5 cm³/mol. The highest BCUT2D eigenvalue weighted by Crippen LogP contribution is 2.16. The summed E-state index contributed by atoms with van der Waals surface area (Å²) in [6.45, 7) is 2.58. The predicted octanol–water partition coefficient (Wildman–Crippen LogP) is 0.726. The Morgan fingerprint density at radius 1 is 1.56 bits per heavy atom. The molecule has 0 amide bonds. The van der Waals surface area contributed by atoms with Crippen LogP contribution < -0.4 is 0 Å². The molecule has 0 aromatic rings. The Bertz CT molecular complexity index is 116. The van der Waals surface area contributed by atoms with Crippen molar-refractivity contribution >= 4 is 16.5 Å². The summed E-state index contributed by atoms with van der Waals surface area (Å²) >= 11 is 0. The summed E-state index contributed by atoms with van der Waals surface area (Å²) in [6.07, 6.45) is 0. The molecule has 1 atom stereocenters. The van der Waals surface area contributed by atoms with E-state index in [0.29, 0.717) is 0 Å². The molecule has 1 aliphatic rings. The van der Waals surface area contributed by atoms with Crippen LogP contribution in [0.5, 0.6) is 0 Å². The van der Waals surface area contributed by atoms with Gasteiger partial charge in [-0.05, 0) is 0 Å². The summed E-state index contributed by atoms with van der Waals surface area (Å²) in [6, 6.07) is 0. The molecule has 0 spiro atoms. The van der Waals surface area contributed by atoms with Crippen molar-refractivity contribution in [1.82, 2.24) is 4.31 Å². The zero-order valence-electron chi connectivity index (χ0n) is 5.51. The van der Waals surface area contributed by atoms with Gasteiger partial charge in [-0.15, -0.1) is 0 Å². The molecule has 0 aliphatic carbocycles. The Morgan fingerprint density at radius 2 is 2.33 bits per heavy atom. The fourth-order valence-corrected chi connectivity index (χ4v) is 1.58. The van der Waals surface area contributed by atoms with Crippen LogP contribution in [-0.4, -0.2) is 35.7 Å². The number of rotatable bonds is 0. The highest BCUT2D eigenvalue weighted by atomic mass is 32.2. The first-order chi connectivity index (χ1) is 4.30. The van der Waals surface area contributed by atoms with Crippen molar-refractivity contribution in [1.29, 1.82) is 0 Å². The molecule has 0 bridgehead atoms. The van der Waals surface area contributed by atoms with E-state index in [9.17, 15) is 0 Å². The Labute approximate surface area is 58.9 Å². The van der Waals surface area contributed by atoms with E-state index in [1.807, 2.05) is 4.31 Å². The van der Waals surface area contributed by atoms with Gasteiger partial charge in [-0.3, -0.25) is 7.05 Å². The van der Waals surface area contributed by atoms with E-state index >= 15 is 0 Å². The lowest BCUT2D eigenvalue weighted by Gasteiger charge is -2.24. The molecule has 9 heavy (non-hydrogen) atoms. The van der Waals surface area contributed by atoms with Crippen molar-refractivity contribution < 1.29 is 4.74 Å². The average Bonchev–Trinajstić information content (AvgIpc) is 1.99. The van der Waals surface area contributed by atoms with Crippen LogP contribution in [0.15, 0.2) is 0 Å². The molecule has 1 rings (SSSR count). The fraction of sp³-hybridized carbons (Fsp3) is 0.667. The number of hydrogen-bond acceptors (Lipinski definition) is 2. The van der Waals surface area contributed by atoms with E-state index < -0.39 is 0 Å². The van der Waals surface area contributed by atoms with Gasteiger partial charge in [-0.1, -0.05) is 5.87 Å². The van der Waals surface area contributed by atoms with Gasteiger partial charge in [0.1, 0.15) is 0 Å². The summed E-state index contributed by atoms with van der Waals surface area (Å²) in [5.41, 5.74) is 0. The Kier molecular flexibility index (Phi) is 2.69. The van der Waals surface area contributed by atoms with Gasteiger partial charge in [-0.2, -0.15) is 10.7 Å². The summed E-state index contributed by atoms with van der Waals surface area (Å²) in [7, 11) is 3.94. The summed E-state index contributed by atoms with van der Waals surface area (Å²) in [5, 5.41) is 0. The molecule has 2 nitrogen and oxygen atoms in total. The molecule has 1 heterocycles. The first-order valence-corrected chi connectivity index (χ1v) is 4.49. The zero-order valence-corrected chi connectivity index (χ0v) is 6.32. The van der Waals surface area contributed by atoms with Gasteiger partial charge in [0.05, 0.1) is 13.2 Å². The first-order valence-electron chi connectivity index (χ1n) is 2.97. The van der Waals surface area contributed by atoms with Crippen LogP contribution in [0.4, 0.5) is 0 Å². The molecule has 3 heteroatoms. The van der Waals surface area contributed by atoms with E-state index in [-0.39, 0.29) is 10.7 Å². The van der Waals surface area contributed by atoms with Crippen LogP contribution in [0.25, 0.3) is 0 Å². The highest BCUT2D eigenvalue weighted by Gasteiger charge is 2.00. The van der Waals surface area contributed by atoms with Crippen molar-refractivity contribution in [3.8, 4) is 0 Å². The molecule has 1 fully saturated rings. The van der Waals surface area contributed by atoms with Gasteiger partial charge in [0.25, 0.3) is 0 Å². The standard InChI is InChI=1S/C6H12NOS/c1-7-3-4-8-5-6-9(7)2/h1-6H2/q-1. The first kappa shape index (κ1) is 7.25. The van der Waals surface area contributed by atoms with Crippen LogP contribution in [0.2, 0.25) is 0 Å². The number of ether oxygens (including phenoxy) is 1. The van der Waals surface area contributed by atoms with E-state index in [1.165, 1.54) is 0 Å². The monoisotopic (exact) mass is 146 g/mol. The molecule has 1 aliphatic heterocycles. The molecule has 1 saturated heterocycles.